The van der Waals surface area contributed by atoms with Crippen molar-refractivity contribution in [1.29, 1.82) is 0 Å². The molecule has 0 aromatic rings. The summed E-state index contributed by atoms with van der Waals surface area (Å²) in [6, 6.07) is 0. The highest BCUT2D eigenvalue weighted by Crippen LogP contribution is 2.42. The van der Waals surface area contributed by atoms with Crippen LogP contribution in [0.4, 0.5) is 0 Å². The van der Waals surface area contributed by atoms with E-state index in [4.69, 9.17) is 4.89 Å². The molecule has 1 N–H and O–H groups in total. The molecule has 1 unspecified atom stereocenters. The van der Waals surface area contributed by atoms with E-state index in [1.807, 2.05) is 0 Å². The van der Waals surface area contributed by atoms with Crippen LogP contribution in [0.3, 0.4) is 0 Å². The number of carbonyl (C=O) groups excluding carboxylic acids is 2. The molecule has 0 saturated carbocycles. The number of nitrogens with zero attached hydrogens (tertiary/aromatic N) is 2. The number of rotatable bonds is 3. The van der Waals surface area contributed by atoms with Gasteiger partial charge in [0.1, 0.15) is 0 Å². The summed E-state index contributed by atoms with van der Waals surface area (Å²) in [5.41, 5.74) is 0. The molecule has 0 aliphatic carbocycles. The molecule has 1 atom stereocenters. The Hall–Kier alpha value is -1.25. The highest BCUT2D eigenvalue weighted by atomic mass is 31.2. The van der Waals surface area contributed by atoms with Gasteiger partial charge in [-0.15, -0.1) is 0 Å². The smallest absolute Gasteiger partial charge is 0.295 e. The van der Waals surface area contributed by atoms with Crippen molar-refractivity contribution in [2.75, 3.05) is 0 Å². The lowest BCUT2D eigenvalue weighted by molar-refractivity contribution is 0.272. The molecule has 0 rings (SSSR count). The first kappa shape index (κ1) is 8.75. The van der Waals surface area contributed by atoms with E-state index in [0.29, 0.717) is 0 Å². The Balaban J connectivity index is 4.27. The van der Waals surface area contributed by atoms with Crippen molar-refractivity contribution >= 4 is 19.9 Å². The minimum atomic E-state index is -4.44. The Morgan fingerprint density at radius 1 is 1.40 bits per heavy atom. The summed E-state index contributed by atoms with van der Waals surface area (Å²) in [6.45, 7) is 0. The first-order valence-electron chi connectivity index (χ1n) is 1.80. The number of hydrogen-bond acceptors (Lipinski definition) is 5. The summed E-state index contributed by atoms with van der Waals surface area (Å²) >= 11 is 0. The third-order valence-electron chi connectivity index (χ3n) is 0.352. The predicted molar refractivity (Wildman–Crippen MR) is 27.2 cm³/mol. The van der Waals surface area contributed by atoms with Crippen molar-refractivity contribution in [2.45, 2.75) is 0 Å². The Morgan fingerprint density at radius 2 is 2.00 bits per heavy atom. The molecule has 0 aliphatic rings. The summed E-state index contributed by atoms with van der Waals surface area (Å²) in [4.78, 5) is 26.9. The summed E-state index contributed by atoms with van der Waals surface area (Å²) in [5.74, 6) is 0. The quantitative estimate of drug-likeness (QED) is 0.266. The molecule has 0 spiro atoms. The van der Waals surface area contributed by atoms with E-state index in [0.717, 1.165) is 12.2 Å². The molecule has 0 aromatic carbocycles. The molecule has 0 bridgehead atoms. The van der Waals surface area contributed by atoms with E-state index in [9.17, 15) is 14.2 Å². The molecule has 54 valence electrons. The zero-order chi connectivity index (χ0) is 8.04. The second-order valence-electron chi connectivity index (χ2n) is 0.946. The van der Waals surface area contributed by atoms with Crippen molar-refractivity contribution < 1.29 is 23.7 Å². The molecule has 7 nitrogen and oxygen atoms in total. The summed E-state index contributed by atoms with van der Waals surface area (Å²) in [7, 11) is -4.44. The van der Waals surface area contributed by atoms with E-state index < -0.39 is 7.75 Å². The lowest BCUT2D eigenvalue weighted by Crippen LogP contribution is -1.76. The van der Waals surface area contributed by atoms with Crippen LogP contribution in [0, 0.1) is 0 Å². The van der Waals surface area contributed by atoms with Crippen molar-refractivity contribution in [3.8, 4) is 0 Å². The monoisotopic (exact) mass is 164 g/mol. The molecule has 8 heteroatoms. The molecule has 0 aromatic heterocycles. The van der Waals surface area contributed by atoms with E-state index in [-0.39, 0.29) is 0 Å². The van der Waals surface area contributed by atoms with Crippen molar-refractivity contribution in [3.63, 3.8) is 0 Å². The minimum absolute atomic E-state index is 0.764. The average molecular weight is 164 g/mol. The van der Waals surface area contributed by atoms with Crippen LogP contribution < -0.4 is 0 Å². The third-order valence-corrected chi connectivity index (χ3v) is 0.980. The zero-order valence-corrected chi connectivity index (χ0v) is 5.32. The van der Waals surface area contributed by atoms with Gasteiger partial charge in [-0.2, -0.15) is 0 Å². The van der Waals surface area contributed by atoms with Crippen LogP contribution in [0.25, 0.3) is 0 Å². The van der Waals surface area contributed by atoms with Crippen molar-refractivity contribution in [3.05, 3.63) is 0 Å². The van der Waals surface area contributed by atoms with Crippen LogP contribution in [0.2, 0.25) is 0 Å². The van der Waals surface area contributed by atoms with E-state index in [2.05, 4.69) is 14.5 Å². The molecule has 0 amide bonds. The second-order valence-corrected chi connectivity index (χ2v) is 2.29. The van der Waals surface area contributed by atoms with Gasteiger partial charge in [-0.25, -0.2) is 14.2 Å². The second kappa shape index (κ2) is 3.71. The van der Waals surface area contributed by atoms with Crippen LogP contribution in [-0.2, 0) is 18.8 Å². The summed E-state index contributed by atoms with van der Waals surface area (Å²) < 4.78 is 16.0. The van der Waals surface area contributed by atoms with Gasteiger partial charge < -0.3 is 0 Å². The van der Waals surface area contributed by atoms with Gasteiger partial charge in [-0.1, -0.05) is 4.76 Å². The SMILES string of the molecule is O=C=NOP(=O)(O)N=C=O. The van der Waals surface area contributed by atoms with Gasteiger partial charge in [0.05, 0.1) is 0 Å². The molecule has 10 heavy (non-hydrogen) atoms. The van der Waals surface area contributed by atoms with Crippen LogP contribution in [0.15, 0.2) is 9.92 Å². The molecular weight excluding hydrogens is 163 g/mol. The van der Waals surface area contributed by atoms with Crippen LogP contribution in [0.1, 0.15) is 0 Å². The predicted octanol–water partition coefficient (Wildman–Crippen LogP) is -0.310. The van der Waals surface area contributed by atoms with Gasteiger partial charge in [-0.05, 0) is 0 Å². The van der Waals surface area contributed by atoms with E-state index in [1.54, 1.807) is 0 Å². The molecular formula is C2HN2O5P. The first-order chi connectivity index (χ1) is 4.62. The number of hydrogen-bond donors (Lipinski definition) is 1. The van der Waals surface area contributed by atoms with E-state index in [1.165, 1.54) is 0 Å². The molecule has 0 aliphatic heterocycles. The Morgan fingerprint density at radius 3 is 2.40 bits per heavy atom. The van der Waals surface area contributed by atoms with Crippen LogP contribution in [0.5, 0.6) is 0 Å². The minimum Gasteiger partial charge on any atom is -0.295 e. The Kier molecular flexibility index (Phi) is 3.25. The highest BCUT2D eigenvalue weighted by Gasteiger charge is 2.18. The number of isocyanates is 2. The van der Waals surface area contributed by atoms with Gasteiger partial charge in [0, 0.05) is 5.16 Å². The first-order valence-corrected chi connectivity index (χ1v) is 3.33. The van der Waals surface area contributed by atoms with Gasteiger partial charge >= 0.3 is 7.75 Å². The van der Waals surface area contributed by atoms with Crippen molar-refractivity contribution in [2.24, 2.45) is 9.92 Å². The standard InChI is InChI=1S/C2HN2O5P/c5-1-3-9-10(7,8)4-2-6/h(H,7,8). The van der Waals surface area contributed by atoms with Gasteiger partial charge in [0.25, 0.3) is 6.08 Å². The average Bonchev–Trinajstić information content (AvgIpc) is 1.84. The fraction of sp³-hybridized carbons (Fsp3) is 0. The maximum absolute atomic E-state index is 10.2. The van der Waals surface area contributed by atoms with Crippen molar-refractivity contribution in [1.82, 2.24) is 0 Å². The van der Waals surface area contributed by atoms with Crippen LogP contribution >= 0.6 is 7.75 Å². The maximum atomic E-state index is 10.2. The maximum Gasteiger partial charge on any atom is 0.536 e. The fourth-order valence-corrected chi connectivity index (χ4v) is 0.419. The van der Waals surface area contributed by atoms with Gasteiger partial charge in [0.15, 0.2) is 0 Å². The van der Waals surface area contributed by atoms with Crippen LogP contribution in [-0.4, -0.2) is 17.1 Å². The normalized spacial score (nSPS) is 13.7. The zero-order valence-electron chi connectivity index (χ0n) is 4.42. The molecule has 0 radical (unpaired) electrons. The Labute approximate surface area is 54.6 Å². The molecule has 0 fully saturated rings. The molecule has 0 saturated heterocycles. The summed E-state index contributed by atoms with van der Waals surface area (Å²) in [5, 5.41) is 2.27. The van der Waals surface area contributed by atoms with Gasteiger partial charge in [0.2, 0.25) is 6.08 Å². The van der Waals surface area contributed by atoms with E-state index >= 15 is 0 Å². The topological polar surface area (TPSA) is 105 Å². The molecule has 0 heterocycles. The largest absolute Gasteiger partial charge is 0.536 e. The lowest BCUT2D eigenvalue weighted by Gasteiger charge is -1.93. The summed E-state index contributed by atoms with van der Waals surface area (Å²) in [6.07, 6.45) is 1.58. The third kappa shape index (κ3) is 3.72. The lowest BCUT2D eigenvalue weighted by atomic mass is 11.7. The highest BCUT2D eigenvalue weighted by molar-refractivity contribution is 7.51. The Bertz CT molecular complexity index is 248. The fourth-order valence-electron chi connectivity index (χ4n) is 0.140. The van der Waals surface area contributed by atoms with Gasteiger partial charge in [-0.3, -0.25) is 9.52 Å².